The summed E-state index contributed by atoms with van der Waals surface area (Å²) in [6.07, 6.45) is 0. The smallest absolute Gasteiger partial charge is 0.326 e. The number of thiazole rings is 1. The lowest BCUT2D eigenvalue weighted by Crippen LogP contribution is -2.25. The van der Waals surface area contributed by atoms with Gasteiger partial charge in [0, 0.05) is 20.2 Å². The third-order valence-electron chi connectivity index (χ3n) is 5.02. The van der Waals surface area contributed by atoms with Crippen LogP contribution in [0.25, 0.3) is 21.7 Å². The molecule has 0 saturated heterocycles. The number of nitrogens with zero attached hydrogens (tertiary/aromatic N) is 4. The largest absolute Gasteiger partial charge is 0.497 e. The summed E-state index contributed by atoms with van der Waals surface area (Å²) in [6.45, 7) is 7.91. The monoisotopic (exact) mass is 484 g/mol. The number of aromatic nitrogens is 3. The van der Waals surface area contributed by atoms with Crippen molar-refractivity contribution >= 4 is 40.8 Å². The lowest BCUT2D eigenvalue weighted by molar-refractivity contribution is 0.150. The molecule has 0 unspecified atom stereocenters. The molecular formula is C23H28N4O4SSi. The Hall–Kier alpha value is -2.95. The number of hydrogen-bond acceptors (Lipinski definition) is 9. The summed E-state index contributed by atoms with van der Waals surface area (Å²) < 4.78 is 23.8. The van der Waals surface area contributed by atoms with E-state index >= 15 is 0 Å². The predicted octanol–water partition coefficient (Wildman–Crippen LogP) is 5.81. The van der Waals surface area contributed by atoms with Gasteiger partial charge in [-0.2, -0.15) is 0 Å². The van der Waals surface area contributed by atoms with Gasteiger partial charge in [-0.25, -0.2) is 9.88 Å². The average Bonchev–Trinajstić information content (AvgIpc) is 3.46. The van der Waals surface area contributed by atoms with Crippen LogP contribution >= 0.6 is 11.3 Å². The number of hydrogen-bond donors (Lipinski definition) is 0. The zero-order valence-electron chi connectivity index (χ0n) is 19.5. The van der Waals surface area contributed by atoms with Gasteiger partial charge in [0.25, 0.3) is 0 Å². The van der Waals surface area contributed by atoms with E-state index in [1.165, 1.54) is 11.3 Å². The minimum absolute atomic E-state index is 0.261. The van der Waals surface area contributed by atoms with E-state index in [0.29, 0.717) is 23.6 Å². The van der Waals surface area contributed by atoms with Gasteiger partial charge in [-0.1, -0.05) is 42.1 Å². The summed E-state index contributed by atoms with van der Waals surface area (Å²) in [7, 11) is 2.07. The molecule has 0 spiro atoms. The molecule has 8 nitrogen and oxygen atoms in total. The molecule has 0 radical (unpaired) electrons. The Bertz CT molecular complexity index is 1200. The van der Waals surface area contributed by atoms with Gasteiger partial charge in [0.1, 0.15) is 23.7 Å². The molecule has 0 amide bonds. The maximum atomic E-state index is 6.04. The third-order valence-corrected chi connectivity index (χ3v) is 7.77. The molecule has 174 valence electrons. The molecule has 0 aliphatic rings. The first kappa shape index (κ1) is 23.2. The molecule has 2 aromatic heterocycles. The van der Waals surface area contributed by atoms with Crippen molar-refractivity contribution in [2.45, 2.75) is 25.7 Å². The molecule has 0 aliphatic heterocycles. The lowest BCUT2D eigenvalue weighted by Gasteiger charge is -2.19. The van der Waals surface area contributed by atoms with E-state index in [4.69, 9.17) is 23.6 Å². The quantitative estimate of drug-likeness (QED) is 0.158. The molecule has 10 heteroatoms. The maximum absolute atomic E-state index is 6.04. The predicted molar refractivity (Wildman–Crippen MR) is 134 cm³/mol. The van der Waals surface area contributed by atoms with Crippen LogP contribution in [0, 0.1) is 0 Å². The van der Waals surface area contributed by atoms with Crippen LogP contribution < -0.4 is 14.4 Å². The fraction of sp³-hybridized carbons (Fsp3) is 0.348. The van der Waals surface area contributed by atoms with E-state index in [-0.39, 0.29) is 6.73 Å². The molecule has 4 rings (SSSR count). The Morgan fingerprint density at radius 1 is 1.00 bits per heavy atom. The number of ether oxygens (including phenoxy) is 3. The van der Waals surface area contributed by atoms with Crippen LogP contribution in [0.4, 0.5) is 11.1 Å². The Morgan fingerprint density at radius 3 is 2.48 bits per heavy atom. The summed E-state index contributed by atoms with van der Waals surface area (Å²) >= 11 is 1.52. The SMILES string of the molecule is COc1ccc(-c2nnc(N(COCC[Si](C)(C)C)c3nc4c(OC)cccc4s3)o2)cc1. The number of para-hydroxylation sites is 1. The van der Waals surface area contributed by atoms with Crippen molar-refractivity contribution in [2.24, 2.45) is 0 Å². The molecule has 33 heavy (non-hydrogen) atoms. The molecule has 2 aromatic carbocycles. The van der Waals surface area contributed by atoms with Crippen LogP contribution in [0.15, 0.2) is 46.9 Å². The minimum Gasteiger partial charge on any atom is -0.497 e. The summed E-state index contributed by atoms with van der Waals surface area (Å²) in [5.41, 5.74) is 1.60. The highest BCUT2D eigenvalue weighted by molar-refractivity contribution is 7.22. The standard InChI is InChI=1S/C23H28N4O4SSi/c1-28-17-11-9-16(10-12-17)21-25-26-22(31-21)27(15-30-13-14-33(3,4)5)23-24-20-18(29-2)7-6-8-19(20)32-23/h6-12H,13-15H2,1-5H3. The second kappa shape index (κ2) is 9.90. The Kier molecular flexibility index (Phi) is 6.96. The average molecular weight is 485 g/mol. The first-order valence-electron chi connectivity index (χ1n) is 10.6. The number of benzene rings is 2. The van der Waals surface area contributed by atoms with Crippen molar-refractivity contribution in [3.8, 4) is 23.0 Å². The van der Waals surface area contributed by atoms with E-state index in [1.54, 1.807) is 14.2 Å². The molecule has 0 atom stereocenters. The number of rotatable bonds is 10. The molecule has 2 heterocycles. The Morgan fingerprint density at radius 2 is 1.79 bits per heavy atom. The molecule has 4 aromatic rings. The van der Waals surface area contributed by atoms with Crippen LogP contribution in [0.2, 0.25) is 25.7 Å². The molecular weight excluding hydrogens is 456 g/mol. The van der Waals surface area contributed by atoms with Gasteiger partial charge in [0.2, 0.25) is 5.89 Å². The van der Waals surface area contributed by atoms with Gasteiger partial charge in [0.15, 0.2) is 5.13 Å². The van der Waals surface area contributed by atoms with Crippen LogP contribution in [0.5, 0.6) is 11.5 Å². The van der Waals surface area contributed by atoms with Gasteiger partial charge in [0.05, 0.1) is 18.9 Å². The minimum atomic E-state index is -1.21. The fourth-order valence-electron chi connectivity index (χ4n) is 3.09. The van der Waals surface area contributed by atoms with Crippen LogP contribution in [0.1, 0.15) is 0 Å². The lowest BCUT2D eigenvalue weighted by atomic mass is 10.2. The second-order valence-electron chi connectivity index (χ2n) is 8.70. The van der Waals surface area contributed by atoms with E-state index < -0.39 is 8.07 Å². The molecule has 0 fully saturated rings. The van der Waals surface area contributed by atoms with E-state index in [0.717, 1.165) is 33.3 Å². The van der Waals surface area contributed by atoms with Crippen molar-refractivity contribution < 1.29 is 18.6 Å². The van der Waals surface area contributed by atoms with E-state index in [2.05, 4.69) is 29.8 Å². The second-order valence-corrected chi connectivity index (χ2v) is 15.3. The zero-order valence-corrected chi connectivity index (χ0v) is 21.3. The summed E-state index contributed by atoms with van der Waals surface area (Å²) in [6, 6.07) is 14.7. The number of fused-ring (bicyclic) bond motifs is 1. The highest BCUT2D eigenvalue weighted by atomic mass is 32.1. The summed E-state index contributed by atoms with van der Waals surface area (Å²) in [4.78, 5) is 6.61. The normalized spacial score (nSPS) is 11.7. The number of anilines is 2. The summed E-state index contributed by atoms with van der Waals surface area (Å²) in [5.74, 6) is 1.90. The summed E-state index contributed by atoms with van der Waals surface area (Å²) in [5, 5.41) is 9.24. The highest BCUT2D eigenvalue weighted by Crippen LogP contribution is 2.37. The molecule has 0 aliphatic carbocycles. The number of methoxy groups -OCH3 is 2. The van der Waals surface area contributed by atoms with E-state index in [9.17, 15) is 0 Å². The Labute approximate surface area is 198 Å². The van der Waals surface area contributed by atoms with Gasteiger partial charge in [-0.05, 0) is 42.4 Å². The van der Waals surface area contributed by atoms with Crippen molar-refractivity contribution in [1.82, 2.24) is 15.2 Å². The molecule has 0 bridgehead atoms. The van der Waals surface area contributed by atoms with Gasteiger partial charge < -0.3 is 18.6 Å². The van der Waals surface area contributed by atoms with E-state index in [1.807, 2.05) is 47.4 Å². The van der Waals surface area contributed by atoms with Gasteiger partial charge in [-0.3, -0.25) is 0 Å². The fourth-order valence-corrected chi connectivity index (χ4v) is 4.81. The van der Waals surface area contributed by atoms with Crippen molar-refractivity contribution in [1.29, 1.82) is 0 Å². The zero-order chi connectivity index (χ0) is 23.4. The van der Waals surface area contributed by atoms with Crippen molar-refractivity contribution in [3.63, 3.8) is 0 Å². The van der Waals surface area contributed by atoms with Crippen LogP contribution in [-0.2, 0) is 4.74 Å². The molecule has 0 saturated carbocycles. The first-order valence-corrected chi connectivity index (χ1v) is 15.2. The van der Waals surface area contributed by atoms with Crippen molar-refractivity contribution in [2.75, 3.05) is 32.5 Å². The third kappa shape index (κ3) is 5.52. The van der Waals surface area contributed by atoms with Gasteiger partial charge >= 0.3 is 6.01 Å². The van der Waals surface area contributed by atoms with Crippen LogP contribution in [-0.4, -0.2) is 50.8 Å². The highest BCUT2D eigenvalue weighted by Gasteiger charge is 2.23. The van der Waals surface area contributed by atoms with Crippen molar-refractivity contribution in [3.05, 3.63) is 42.5 Å². The van der Waals surface area contributed by atoms with Gasteiger partial charge in [-0.15, -0.1) is 5.10 Å². The van der Waals surface area contributed by atoms with Crippen LogP contribution in [0.3, 0.4) is 0 Å². The molecule has 0 N–H and O–H groups in total. The first-order chi connectivity index (χ1) is 15.9. The maximum Gasteiger partial charge on any atom is 0.326 e. The Balaban J connectivity index is 1.63. The topological polar surface area (TPSA) is 82.7 Å².